The summed E-state index contributed by atoms with van der Waals surface area (Å²) in [6.45, 7) is 6.79. The predicted molar refractivity (Wildman–Crippen MR) is 183 cm³/mol. The number of fused-ring (bicyclic) bond motifs is 1. The van der Waals surface area contributed by atoms with Crippen LogP contribution in [0.1, 0.15) is 43.5 Å². The van der Waals surface area contributed by atoms with E-state index in [1.54, 1.807) is 91.3 Å². The van der Waals surface area contributed by atoms with E-state index in [0.717, 1.165) is 5.56 Å². The summed E-state index contributed by atoms with van der Waals surface area (Å²) in [6.07, 6.45) is 1.72. The Bertz CT molecular complexity index is 2020. The molecule has 0 fully saturated rings. The van der Waals surface area contributed by atoms with Gasteiger partial charge in [0.25, 0.3) is 11.5 Å². The average molecular weight is 701 g/mol. The molecule has 1 atom stereocenters. The molecule has 0 radical (unpaired) electrons. The van der Waals surface area contributed by atoms with Crippen LogP contribution in [0.2, 0.25) is 15.1 Å². The van der Waals surface area contributed by atoms with Crippen molar-refractivity contribution >= 4 is 58.1 Å². The fourth-order valence-electron chi connectivity index (χ4n) is 5.32. The molecule has 0 unspecified atom stereocenters. The van der Waals surface area contributed by atoms with E-state index in [9.17, 15) is 9.59 Å². The lowest BCUT2D eigenvalue weighted by atomic mass is 9.93. The second-order valence-electron chi connectivity index (χ2n) is 10.4. The lowest BCUT2D eigenvalue weighted by Gasteiger charge is -2.30. The molecule has 3 aromatic carbocycles. The number of carbonyl (C=O) groups is 1. The maximum absolute atomic E-state index is 14.4. The molecule has 4 aromatic rings. The van der Waals surface area contributed by atoms with Gasteiger partial charge in [-0.05, 0) is 75.4 Å². The smallest absolute Gasteiger partial charge is 0.271 e. The van der Waals surface area contributed by atoms with Crippen molar-refractivity contribution in [2.24, 2.45) is 4.99 Å². The maximum Gasteiger partial charge on any atom is 0.271 e. The van der Waals surface area contributed by atoms with Crippen LogP contribution >= 0.6 is 46.1 Å². The Hall–Kier alpha value is -3.76. The van der Waals surface area contributed by atoms with Gasteiger partial charge in [-0.2, -0.15) is 0 Å². The first-order chi connectivity index (χ1) is 22.1. The van der Waals surface area contributed by atoms with E-state index in [4.69, 9.17) is 54.0 Å². The Balaban J connectivity index is 1.68. The maximum atomic E-state index is 14.4. The minimum absolute atomic E-state index is 0.172. The Kier molecular flexibility index (Phi) is 10.5. The summed E-state index contributed by atoms with van der Waals surface area (Å²) in [4.78, 5) is 35.3. The molecule has 0 spiro atoms. The Morgan fingerprint density at radius 3 is 2.35 bits per heavy atom. The molecule has 12 heteroatoms. The topological polar surface area (TPSA) is 82.4 Å². The van der Waals surface area contributed by atoms with Crippen molar-refractivity contribution in [1.82, 2.24) is 9.47 Å². The van der Waals surface area contributed by atoms with Gasteiger partial charge < -0.3 is 19.1 Å². The van der Waals surface area contributed by atoms with Crippen molar-refractivity contribution in [3.05, 3.63) is 117 Å². The number of nitrogens with zero attached hydrogens (tertiary/aromatic N) is 3. The van der Waals surface area contributed by atoms with Gasteiger partial charge in [-0.3, -0.25) is 14.2 Å². The van der Waals surface area contributed by atoms with Crippen LogP contribution in [0.25, 0.3) is 6.08 Å². The number of thiazole rings is 1. The van der Waals surface area contributed by atoms with Crippen LogP contribution in [0.3, 0.4) is 0 Å². The summed E-state index contributed by atoms with van der Waals surface area (Å²) < 4.78 is 19.3. The number of ether oxygens (including phenoxy) is 3. The monoisotopic (exact) mass is 699 g/mol. The number of halogens is 3. The zero-order valence-electron chi connectivity index (χ0n) is 25.9. The Morgan fingerprint density at radius 2 is 1.67 bits per heavy atom. The number of aromatic nitrogens is 1. The third kappa shape index (κ3) is 6.69. The number of likely N-dealkylation sites (N-methyl/N-ethyl adjacent to an activating group) is 1. The third-order valence-electron chi connectivity index (χ3n) is 7.69. The zero-order valence-corrected chi connectivity index (χ0v) is 29.0. The number of benzene rings is 3. The van der Waals surface area contributed by atoms with Crippen molar-refractivity contribution < 1.29 is 19.0 Å². The molecule has 0 N–H and O–H groups in total. The molecule has 0 saturated carbocycles. The summed E-state index contributed by atoms with van der Waals surface area (Å²) in [6, 6.07) is 14.9. The molecule has 0 bridgehead atoms. The number of hydrogen-bond donors (Lipinski definition) is 0. The van der Waals surface area contributed by atoms with E-state index in [0.29, 0.717) is 77.1 Å². The van der Waals surface area contributed by atoms with E-state index in [1.165, 1.54) is 11.3 Å². The number of methoxy groups -OCH3 is 2. The van der Waals surface area contributed by atoms with Crippen molar-refractivity contribution in [3.8, 4) is 17.2 Å². The van der Waals surface area contributed by atoms with Gasteiger partial charge in [0.15, 0.2) is 4.80 Å². The van der Waals surface area contributed by atoms with Gasteiger partial charge in [-0.15, -0.1) is 0 Å². The Morgan fingerprint density at radius 1 is 0.978 bits per heavy atom. The lowest BCUT2D eigenvalue weighted by molar-refractivity contribution is -0.127. The summed E-state index contributed by atoms with van der Waals surface area (Å²) >= 11 is 20.0. The molecule has 1 aliphatic rings. The van der Waals surface area contributed by atoms with Gasteiger partial charge in [-0.1, -0.05) is 52.2 Å². The quantitative estimate of drug-likeness (QED) is 0.185. The SMILES string of the molecule is CCN(CC)C(=O)C1=C(C)N=c2s/c(=C/c3cc(Cl)ccc3OCc3ccc(Cl)cc3Cl)c(=O)n2[C@H]1c1cc(OC)ccc1OC. The van der Waals surface area contributed by atoms with E-state index >= 15 is 0 Å². The number of rotatable bonds is 10. The number of hydrogen-bond acceptors (Lipinski definition) is 7. The van der Waals surface area contributed by atoms with Crippen LogP contribution < -0.4 is 29.1 Å². The van der Waals surface area contributed by atoms with Gasteiger partial charge in [-0.25, -0.2) is 4.99 Å². The normalized spacial score (nSPS) is 14.5. The first kappa shape index (κ1) is 33.6. The zero-order chi connectivity index (χ0) is 33.1. The number of amides is 1. The Labute approximate surface area is 285 Å². The molecular weight excluding hydrogens is 669 g/mol. The molecule has 0 aliphatic carbocycles. The van der Waals surface area contributed by atoms with Gasteiger partial charge in [0.05, 0.1) is 30.0 Å². The summed E-state index contributed by atoms with van der Waals surface area (Å²) in [5, 5.41) is 1.48. The first-order valence-electron chi connectivity index (χ1n) is 14.5. The molecule has 1 amide bonds. The fourth-order valence-corrected chi connectivity index (χ4v) is 7.00. The van der Waals surface area contributed by atoms with E-state index in [-0.39, 0.29) is 18.1 Å². The van der Waals surface area contributed by atoms with E-state index < -0.39 is 6.04 Å². The molecule has 1 aromatic heterocycles. The van der Waals surface area contributed by atoms with Gasteiger partial charge in [0.2, 0.25) is 0 Å². The first-order valence-corrected chi connectivity index (χ1v) is 16.4. The molecule has 2 heterocycles. The van der Waals surface area contributed by atoms with Crippen molar-refractivity contribution in [1.29, 1.82) is 0 Å². The van der Waals surface area contributed by atoms with Crippen LogP contribution in [-0.2, 0) is 11.4 Å². The van der Waals surface area contributed by atoms with Gasteiger partial charge in [0.1, 0.15) is 29.9 Å². The standard InChI is InChI=1S/C34H32Cl3N3O5S/c1-6-39(7-2)33(42)30-19(3)38-34-40(31(30)25-17-24(43-4)11-13-28(25)44-5)32(41)29(46-34)15-21-14-22(35)10-12-27(21)45-18-20-8-9-23(36)16-26(20)37/h8-17,31H,6-7,18H2,1-5H3/b29-15+/t31-/m0/s1. The minimum Gasteiger partial charge on any atom is -0.497 e. The fraction of sp³-hybridized carbons (Fsp3) is 0.265. The van der Waals surface area contributed by atoms with Crippen molar-refractivity contribution in [2.45, 2.75) is 33.4 Å². The van der Waals surface area contributed by atoms with Crippen LogP contribution in [0.4, 0.5) is 0 Å². The van der Waals surface area contributed by atoms with E-state index in [1.807, 2.05) is 13.8 Å². The van der Waals surface area contributed by atoms with Crippen LogP contribution in [0, 0.1) is 0 Å². The predicted octanol–water partition coefficient (Wildman–Crippen LogP) is 6.66. The molecule has 240 valence electrons. The molecular formula is C34H32Cl3N3O5S. The third-order valence-corrected chi connectivity index (χ3v) is 9.50. The number of allylic oxidation sites excluding steroid dienone is 1. The largest absolute Gasteiger partial charge is 0.497 e. The second-order valence-corrected chi connectivity index (χ2v) is 12.7. The van der Waals surface area contributed by atoms with Crippen molar-refractivity contribution in [2.75, 3.05) is 27.3 Å². The highest BCUT2D eigenvalue weighted by Gasteiger charge is 2.36. The molecule has 1 aliphatic heterocycles. The highest BCUT2D eigenvalue weighted by atomic mass is 35.5. The second kappa shape index (κ2) is 14.3. The van der Waals surface area contributed by atoms with Crippen LogP contribution in [0.15, 0.2) is 75.7 Å². The van der Waals surface area contributed by atoms with Crippen molar-refractivity contribution in [3.63, 3.8) is 0 Å². The summed E-state index contributed by atoms with van der Waals surface area (Å²) in [5.41, 5.74) is 2.52. The molecule has 8 nitrogen and oxygen atoms in total. The molecule has 46 heavy (non-hydrogen) atoms. The molecule has 5 rings (SSSR count). The highest BCUT2D eigenvalue weighted by Crippen LogP contribution is 2.38. The van der Waals surface area contributed by atoms with Gasteiger partial charge >= 0.3 is 0 Å². The lowest BCUT2D eigenvalue weighted by Crippen LogP contribution is -2.43. The summed E-state index contributed by atoms with van der Waals surface area (Å²) in [7, 11) is 3.11. The number of carbonyl (C=O) groups excluding carboxylic acids is 1. The van der Waals surface area contributed by atoms with E-state index in [2.05, 4.69) is 0 Å². The van der Waals surface area contributed by atoms with Gasteiger partial charge in [0, 0.05) is 44.8 Å². The minimum atomic E-state index is -0.821. The average Bonchev–Trinajstić information content (AvgIpc) is 3.34. The highest BCUT2D eigenvalue weighted by molar-refractivity contribution is 7.07. The summed E-state index contributed by atoms with van der Waals surface area (Å²) in [5.74, 6) is 1.36. The van der Waals surface area contributed by atoms with Crippen LogP contribution in [0.5, 0.6) is 17.2 Å². The van der Waals surface area contributed by atoms with Crippen LogP contribution in [-0.4, -0.2) is 42.7 Å². The molecule has 0 saturated heterocycles.